The first kappa shape index (κ1) is 32.2. The molecule has 3 atom stereocenters. The topological polar surface area (TPSA) is 162 Å². The first-order valence-electron chi connectivity index (χ1n) is 14.3. The second-order valence-electron chi connectivity index (χ2n) is 10.9. The van der Waals surface area contributed by atoms with Gasteiger partial charge in [0.25, 0.3) is 0 Å². The van der Waals surface area contributed by atoms with Crippen molar-refractivity contribution in [1.29, 1.82) is 0 Å². The Morgan fingerprint density at radius 2 is 1.93 bits per heavy atom. The van der Waals surface area contributed by atoms with Crippen LogP contribution < -0.4 is 28.2 Å². The van der Waals surface area contributed by atoms with Crippen LogP contribution in [0.1, 0.15) is 50.3 Å². The molecule has 43 heavy (non-hydrogen) atoms. The average Bonchev–Trinajstić information content (AvgIpc) is 3.36. The number of aromatic amines is 1. The normalized spacial score (nSPS) is 13.6. The van der Waals surface area contributed by atoms with E-state index in [-0.39, 0.29) is 29.1 Å². The van der Waals surface area contributed by atoms with E-state index in [2.05, 4.69) is 27.2 Å². The number of halogens is 2. The maximum absolute atomic E-state index is 15.1. The quantitative estimate of drug-likeness (QED) is 0.106. The molecule has 0 saturated heterocycles. The molecule has 0 unspecified atom stereocenters. The molecule has 4 aromatic rings. The van der Waals surface area contributed by atoms with Crippen molar-refractivity contribution in [2.75, 3.05) is 20.3 Å². The third-order valence-corrected chi connectivity index (χ3v) is 7.58. The number of rotatable bonds is 14. The molecule has 0 amide bonds. The van der Waals surface area contributed by atoms with Crippen molar-refractivity contribution in [3.63, 3.8) is 0 Å². The van der Waals surface area contributed by atoms with Gasteiger partial charge in [-0.2, -0.15) is 4.98 Å². The number of nitrogens with one attached hydrogen (secondary N) is 2. The molecule has 0 saturated carbocycles. The molecule has 0 spiro atoms. The van der Waals surface area contributed by atoms with E-state index in [0.29, 0.717) is 47.6 Å². The van der Waals surface area contributed by atoms with Crippen molar-refractivity contribution < 1.29 is 9.13 Å². The first-order chi connectivity index (χ1) is 20.5. The highest BCUT2D eigenvalue weighted by Gasteiger charge is 2.16. The van der Waals surface area contributed by atoms with E-state index >= 15 is 4.39 Å². The molecule has 2 heterocycles. The van der Waals surface area contributed by atoms with Gasteiger partial charge in [0.15, 0.2) is 11.8 Å². The summed E-state index contributed by atoms with van der Waals surface area (Å²) in [5, 5.41) is 4.18. The molecule has 12 heteroatoms. The summed E-state index contributed by atoms with van der Waals surface area (Å²) < 4.78 is 21.8. The Kier molecular flexibility index (Phi) is 10.9. The fourth-order valence-electron chi connectivity index (χ4n) is 5.03. The van der Waals surface area contributed by atoms with E-state index in [1.807, 2.05) is 31.2 Å². The molecule has 0 aliphatic rings. The number of hydrogen-bond acceptors (Lipinski definition) is 6. The molecule has 0 radical (unpaired) electrons. The van der Waals surface area contributed by atoms with E-state index in [4.69, 9.17) is 33.5 Å². The summed E-state index contributed by atoms with van der Waals surface area (Å²) in [6.07, 6.45) is 4.87. The van der Waals surface area contributed by atoms with E-state index in [1.165, 1.54) is 4.57 Å². The zero-order chi connectivity index (χ0) is 31.1. The van der Waals surface area contributed by atoms with Crippen molar-refractivity contribution in [2.24, 2.45) is 22.2 Å². The van der Waals surface area contributed by atoms with Crippen LogP contribution in [0.4, 0.5) is 4.39 Å². The van der Waals surface area contributed by atoms with E-state index < -0.39 is 11.5 Å². The number of nitrogens with zero attached hydrogens (tertiary/aromatic N) is 3. The van der Waals surface area contributed by atoms with Gasteiger partial charge in [0.1, 0.15) is 5.65 Å². The molecule has 8 N–H and O–H groups in total. The van der Waals surface area contributed by atoms with E-state index in [0.717, 1.165) is 30.4 Å². The zero-order valence-corrected chi connectivity index (χ0v) is 25.5. The number of methoxy groups -OCH3 is 1. The van der Waals surface area contributed by atoms with Crippen LogP contribution >= 0.6 is 11.6 Å². The van der Waals surface area contributed by atoms with Crippen LogP contribution in [0, 0.1) is 5.82 Å². The number of aliphatic imine (C=N–C) groups is 1. The predicted molar refractivity (Wildman–Crippen MR) is 171 cm³/mol. The number of hydrogen-bond donors (Lipinski definition) is 5. The Morgan fingerprint density at radius 1 is 1.19 bits per heavy atom. The molecule has 0 fully saturated rings. The Morgan fingerprint density at radius 3 is 2.60 bits per heavy atom. The van der Waals surface area contributed by atoms with Gasteiger partial charge in [-0.3, -0.25) is 4.57 Å². The first-order valence-corrected chi connectivity index (χ1v) is 14.7. The van der Waals surface area contributed by atoms with Crippen LogP contribution in [-0.2, 0) is 11.2 Å². The number of nitrogens with two attached hydrogens (primary N) is 3. The monoisotopic (exact) mass is 610 g/mol. The predicted octanol–water partition coefficient (Wildman–Crippen LogP) is 4.17. The maximum Gasteiger partial charge on any atom is 0.354 e. The minimum absolute atomic E-state index is 0.0407. The van der Waals surface area contributed by atoms with Gasteiger partial charge in [0.2, 0.25) is 0 Å². The second kappa shape index (κ2) is 14.6. The molecule has 0 aliphatic carbocycles. The number of guanidine groups is 1. The van der Waals surface area contributed by atoms with Crippen LogP contribution in [0.2, 0.25) is 5.02 Å². The van der Waals surface area contributed by atoms with Gasteiger partial charge in [-0.15, -0.1) is 0 Å². The van der Waals surface area contributed by atoms with Gasteiger partial charge in [-0.1, -0.05) is 23.7 Å². The second-order valence-corrected chi connectivity index (χ2v) is 11.3. The highest BCUT2D eigenvalue weighted by molar-refractivity contribution is 6.31. The van der Waals surface area contributed by atoms with Gasteiger partial charge in [-0.25, -0.2) is 14.2 Å². The van der Waals surface area contributed by atoms with Crippen LogP contribution in [0.3, 0.4) is 0 Å². The highest BCUT2D eigenvalue weighted by Crippen LogP contribution is 2.31. The summed E-state index contributed by atoms with van der Waals surface area (Å²) in [7, 11) is 1.61. The van der Waals surface area contributed by atoms with Gasteiger partial charge in [0.05, 0.1) is 29.1 Å². The summed E-state index contributed by atoms with van der Waals surface area (Å²) in [4.78, 5) is 24.5. The molecule has 0 bridgehead atoms. The van der Waals surface area contributed by atoms with Gasteiger partial charge >= 0.3 is 5.69 Å². The van der Waals surface area contributed by atoms with Crippen molar-refractivity contribution >= 4 is 28.6 Å². The molecule has 10 nitrogen and oxygen atoms in total. The number of ether oxygens (including phenoxy) is 1. The van der Waals surface area contributed by atoms with Crippen LogP contribution in [0.25, 0.3) is 28.0 Å². The van der Waals surface area contributed by atoms with Crippen molar-refractivity contribution in [3.05, 3.63) is 81.1 Å². The number of aryl methyl sites for hydroxylation is 1. The Bertz CT molecular complexity index is 1610. The minimum Gasteiger partial charge on any atom is -0.382 e. The molecule has 2 aromatic carbocycles. The number of fused-ring (bicyclic) bond motifs is 1. The van der Waals surface area contributed by atoms with Crippen molar-refractivity contribution in [1.82, 2.24) is 19.9 Å². The Balaban J connectivity index is 1.50. The molecule has 4 rings (SSSR count). The third kappa shape index (κ3) is 8.41. The lowest BCUT2D eigenvalue weighted by Gasteiger charge is -2.17. The molecular weight excluding hydrogens is 571 g/mol. The SMILES string of the molecule is COC[C@@H](CCN[C@@H](C)c1ccc(-n2cc3cc(-c4cc(CCC[C@H](C)N)cc(Cl)c4F)[nH]c3nc2=O)cc1)N=C(N)N. The number of H-pyrrole nitrogens is 1. The van der Waals surface area contributed by atoms with Gasteiger partial charge in [0, 0.05) is 36.3 Å². The summed E-state index contributed by atoms with van der Waals surface area (Å²) in [6.45, 7) is 5.14. The maximum atomic E-state index is 15.1. The lowest BCUT2D eigenvalue weighted by Crippen LogP contribution is -2.30. The van der Waals surface area contributed by atoms with E-state index in [1.54, 1.807) is 31.5 Å². The minimum atomic E-state index is -0.525. The molecular formula is C31H40ClFN8O2. The summed E-state index contributed by atoms with van der Waals surface area (Å²) in [5.41, 5.74) is 20.3. The van der Waals surface area contributed by atoms with Crippen molar-refractivity contribution in [2.45, 2.75) is 57.7 Å². The van der Waals surface area contributed by atoms with Gasteiger partial charge < -0.3 is 32.2 Å². The Labute approximate surface area is 255 Å². The summed E-state index contributed by atoms with van der Waals surface area (Å²) in [5.74, 6) is -0.484. The summed E-state index contributed by atoms with van der Waals surface area (Å²) >= 11 is 6.24. The standard InChI is InChI=1S/C31H40ClFN8O2/c1-18(34)5-4-6-20-13-25(28(33)26(32)14-20)27-15-22-16-41(31(42)40-29(22)39-27)24-9-7-21(8-10-24)19(2)37-12-11-23(17-43-3)38-30(35)36/h7-10,13-16,18-19,23,37H,4-6,11-12,17,34H2,1-3H3,(H4,35,36,38)(H,39,40,42)/t18-,19-,23+/m0/s1. The fourth-order valence-corrected chi connectivity index (χ4v) is 5.28. The van der Waals surface area contributed by atoms with Crippen LogP contribution in [0.15, 0.2) is 58.4 Å². The lowest BCUT2D eigenvalue weighted by molar-refractivity contribution is 0.177. The fraction of sp³-hybridized carbons (Fsp3) is 0.387. The van der Waals surface area contributed by atoms with Crippen molar-refractivity contribution in [3.8, 4) is 16.9 Å². The van der Waals surface area contributed by atoms with Gasteiger partial charge in [-0.05, 0) is 87.5 Å². The molecule has 230 valence electrons. The largest absolute Gasteiger partial charge is 0.382 e. The highest BCUT2D eigenvalue weighted by atomic mass is 35.5. The molecule has 2 aromatic heterocycles. The number of aromatic nitrogens is 3. The molecule has 0 aliphatic heterocycles. The number of benzene rings is 2. The lowest BCUT2D eigenvalue weighted by atomic mass is 10.0. The smallest absolute Gasteiger partial charge is 0.354 e. The zero-order valence-electron chi connectivity index (χ0n) is 24.7. The van der Waals surface area contributed by atoms with Crippen LogP contribution in [0.5, 0.6) is 0 Å². The average molecular weight is 611 g/mol. The summed E-state index contributed by atoms with van der Waals surface area (Å²) in [6, 6.07) is 12.9. The Hall–Kier alpha value is -3.77. The third-order valence-electron chi connectivity index (χ3n) is 7.30. The van der Waals surface area contributed by atoms with E-state index in [9.17, 15) is 4.79 Å². The van der Waals surface area contributed by atoms with Crippen LogP contribution in [-0.4, -0.2) is 52.8 Å².